The molecule has 0 aromatic heterocycles. The molecule has 0 heterocycles. The van der Waals surface area contributed by atoms with Crippen molar-refractivity contribution in [2.24, 2.45) is 0 Å². The summed E-state index contributed by atoms with van der Waals surface area (Å²) in [6.45, 7) is 3.80. The van der Waals surface area contributed by atoms with E-state index in [-0.39, 0.29) is 10.8 Å². The Morgan fingerprint density at radius 2 is 1.71 bits per heavy atom. The first-order valence-corrected chi connectivity index (χ1v) is 8.36. The summed E-state index contributed by atoms with van der Waals surface area (Å²) in [6.07, 6.45) is 1.12. The van der Waals surface area contributed by atoms with Crippen molar-refractivity contribution in [3.8, 4) is 0 Å². The van der Waals surface area contributed by atoms with Gasteiger partial charge in [-0.05, 0) is 37.6 Å². The van der Waals surface area contributed by atoms with E-state index < -0.39 is 9.84 Å². The van der Waals surface area contributed by atoms with Gasteiger partial charge < -0.3 is 5.32 Å². The van der Waals surface area contributed by atoms with Crippen LogP contribution in [0.5, 0.6) is 0 Å². The van der Waals surface area contributed by atoms with Crippen LogP contribution in [0.25, 0.3) is 0 Å². The summed E-state index contributed by atoms with van der Waals surface area (Å²) >= 11 is 0. The van der Waals surface area contributed by atoms with Gasteiger partial charge in [0.05, 0.1) is 10.6 Å². The van der Waals surface area contributed by atoms with Crippen LogP contribution in [0.3, 0.4) is 0 Å². The average Bonchev–Trinajstić information content (AvgIpc) is 2.37. The van der Waals surface area contributed by atoms with E-state index in [1.165, 1.54) is 6.07 Å². The molecule has 2 aromatic carbocycles. The zero-order chi connectivity index (χ0) is 15.6. The molecule has 0 saturated heterocycles. The highest BCUT2D eigenvalue weighted by molar-refractivity contribution is 7.90. The molecular formula is C16H17NO3S. The van der Waals surface area contributed by atoms with E-state index in [9.17, 15) is 13.2 Å². The van der Waals surface area contributed by atoms with Crippen molar-refractivity contribution < 1.29 is 13.2 Å². The van der Waals surface area contributed by atoms with E-state index in [1.807, 2.05) is 26.0 Å². The highest BCUT2D eigenvalue weighted by Crippen LogP contribution is 2.22. The third kappa shape index (κ3) is 3.49. The van der Waals surface area contributed by atoms with Gasteiger partial charge >= 0.3 is 0 Å². The molecule has 1 amide bonds. The highest BCUT2D eigenvalue weighted by atomic mass is 32.2. The number of hydrogen-bond acceptors (Lipinski definition) is 3. The Balaban J connectivity index is 2.37. The monoisotopic (exact) mass is 303 g/mol. The lowest BCUT2D eigenvalue weighted by molar-refractivity contribution is 0.102. The van der Waals surface area contributed by atoms with Crippen LogP contribution in [-0.4, -0.2) is 20.6 Å². The number of rotatable bonds is 3. The predicted molar refractivity (Wildman–Crippen MR) is 83.4 cm³/mol. The quantitative estimate of drug-likeness (QED) is 0.948. The first-order chi connectivity index (χ1) is 9.79. The minimum Gasteiger partial charge on any atom is -0.321 e. The van der Waals surface area contributed by atoms with Crippen LogP contribution in [0.2, 0.25) is 0 Å². The molecule has 2 aromatic rings. The number of aryl methyl sites for hydroxylation is 2. The topological polar surface area (TPSA) is 63.2 Å². The summed E-state index contributed by atoms with van der Waals surface area (Å²) in [6, 6.07) is 11.9. The lowest BCUT2D eigenvalue weighted by Gasteiger charge is -2.11. The van der Waals surface area contributed by atoms with Gasteiger partial charge in [0.15, 0.2) is 9.84 Å². The van der Waals surface area contributed by atoms with Crippen LogP contribution in [0.1, 0.15) is 21.5 Å². The van der Waals surface area contributed by atoms with E-state index in [1.54, 1.807) is 24.3 Å². The molecule has 0 bridgehead atoms. The van der Waals surface area contributed by atoms with Crippen molar-refractivity contribution in [2.45, 2.75) is 18.7 Å². The summed E-state index contributed by atoms with van der Waals surface area (Å²) < 4.78 is 23.5. The van der Waals surface area contributed by atoms with Crippen molar-refractivity contribution in [2.75, 3.05) is 11.6 Å². The maximum atomic E-state index is 12.3. The van der Waals surface area contributed by atoms with Gasteiger partial charge in [0.25, 0.3) is 5.91 Å². The Hall–Kier alpha value is -2.14. The largest absolute Gasteiger partial charge is 0.321 e. The smallest absolute Gasteiger partial charge is 0.255 e. The molecule has 0 saturated carbocycles. The first-order valence-electron chi connectivity index (χ1n) is 6.47. The number of hydrogen-bond donors (Lipinski definition) is 1. The van der Waals surface area contributed by atoms with Crippen LogP contribution in [0, 0.1) is 13.8 Å². The van der Waals surface area contributed by atoms with Gasteiger partial charge in [0.1, 0.15) is 0 Å². The second-order valence-electron chi connectivity index (χ2n) is 5.04. The molecule has 2 rings (SSSR count). The molecule has 5 heteroatoms. The summed E-state index contributed by atoms with van der Waals surface area (Å²) in [5.41, 5.74) is 2.75. The van der Waals surface area contributed by atoms with Crippen molar-refractivity contribution in [3.05, 3.63) is 59.2 Å². The lowest BCUT2D eigenvalue weighted by atomic mass is 10.1. The van der Waals surface area contributed by atoms with Crippen molar-refractivity contribution in [3.63, 3.8) is 0 Å². The molecule has 0 aliphatic heterocycles. The Bertz CT molecular complexity index is 795. The molecule has 0 unspecified atom stereocenters. The Morgan fingerprint density at radius 1 is 1.05 bits per heavy atom. The number of sulfone groups is 1. The predicted octanol–water partition coefficient (Wildman–Crippen LogP) is 2.96. The van der Waals surface area contributed by atoms with Crippen LogP contribution in [0.4, 0.5) is 5.69 Å². The van der Waals surface area contributed by atoms with Crippen LogP contribution >= 0.6 is 0 Å². The summed E-state index contributed by atoms with van der Waals surface area (Å²) in [7, 11) is -3.39. The molecular weight excluding hydrogens is 286 g/mol. The SMILES string of the molecule is Cc1ccc(C(=O)Nc2ccccc2S(C)(=O)=O)c(C)c1. The fourth-order valence-electron chi connectivity index (χ4n) is 2.15. The van der Waals surface area contributed by atoms with Gasteiger partial charge in [-0.1, -0.05) is 29.8 Å². The number of carbonyl (C=O) groups excluding carboxylic acids is 1. The van der Waals surface area contributed by atoms with Crippen molar-refractivity contribution in [1.29, 1.82) is 0 Å². The number of para-hydroxylation sites is 1. The summed E-state index contributed by atoms with van der Waals surface area (Å²) in [5, 5.41) is 2.68. The highest BCUT2D eigenvalue weighted by Gasteiger charge is 2.16. The van der Waals surface area contributed by atoms with Crippen LogP contribution < -0.4 is 5.32 Å². The van der Waals surface area contributed by atoms with Gasteiger partial charge in [-0.2, -0.15) is 0 Å². The van der Waals surface area contributed by atoms with Gasteiger partial charge in [0, 0.05) is 11.8 Å². The normalized spacial score (nSPS) is 11.2. The van der Waals surface area contributed by atoms with Gasteiger partial charge in [-0.25, -0.2) is 8.42 Å². The average molecular weight is 303 g/mol. The van der Waals surface area contributed by atoms with Crippen LogP contribution in [0.15, 0.2) is 47.4 Å². The third-order valence-electron chi connectivity index (χ3n) is 3.16. The number of amides is 1. The molecule has 0 aliphatic carbocycles. The van der Waals surface area contributed by atoms with Gasteiger partial charge in [-0.15, -0.1) is 0 Å². The van der Waals surface area contributed by atoms with Gasteiger partial charge in [-0.3, -0.25) is 4.79 Å². The number of carbonyl (C=O) groups is 1. The fraction of sp³-hybridized carbons (Fsp3) is 0.188. The Morgan fingerprint density at radius 3 is 2.33 bits per heavy atom. The lowest BCUT2D eigenvalue weighted by Crippen LogP contribution is -2.15. The standard InChI is InChI=1S/C16H17NO3S/c1-11-8-9-13(12(2)10-11)16(18)17-14-6-4-5-7-15(14)21(3,19)20/h4-10H,1-3H3,(H,17,18). The van der Waals surface area contributed by atoms with Gasteiger partial charge in [0.2, 0.25) is 0 Å². The van der Waals surface area contributed by atoms with E-state index >= 15 is 0 Å². The Labute approximate surface area is 124 Å². The minimum absolute atomic E-state index is 0.114. The van der Waals surface area contributed by atoms with E-state index in [0.29, 0.717) is 11.3 Å². The maximum Gasteiger partial charge on any atom is 0.255 e. The zero-order valence-corrected chi connectivity index (χ0v) is 13.0. The second-order valence-corrected chi connectivity index (χ2v) is 7.02. The second kappa shape index (κ2) is 5.69. The number of benzene rings is 2. The summed E-state index contributed by atoms with van der Waals surface area (Å²) in [5.74, 6) is -0.316. The molecule has 21 heavy (non-hydrogen) atoms. The molecule has 1 N–H and O–H groups in total. The number of anilines is 1. The molecule has 110 valence electrons. The van der Waals surface area contributed by atoms with E-state index in [2.05, 4.69) is 5.32 Å². The van der Waals surface area contributed by atoms with Crippen molar-refractivity contribution >= 4 is 21.4 Å². The molecule has 0 radical (unpaired) electrons. The van der Waals surface area contributed by atoms with E-state index in [0.717, 1.165) is 17.4 Å². The zero-order valence-electron chi connectivity index (χ0n) is 12.2. The number of nitrogens with one attached hydrogen (secondary N) is 1. The maximum absolute atomic E-state index is 12.3. The molecule has 0 aliphatic rings. The van der Waals surface area contributed by atoms with E-state index in [4.69, 9.17) is 0 Å². The minimum atomic E-state index is -3.39. The Kier molecular flexibility index (Phi) is 4.14. The third-order valence-corrected chi connectivity index (χ3v) is 4.32. The molecule has 0 atom stereocenters. The van der Waals surface area contributed by atoms with Crippen LogP contribution in [-0.2, 0) is 9.84 Å². The fourth-order valence-corrected chi connectivity index (χ4v) is 3.00. The first kappa shape index (κ1) is 15.3. The molecule has 4 nitrogen and oxygen atoms in total. The molecule has 0 spiro atoms. The van der Waals surface area contributed by atoms with Crippen molar-refractivity contribution in [1.82, 2.24) is 0 Å². The molecule has 0 fully saturated rings. The summed E-state index contributed by atoms with van der Waals surface area (Å²) in [4.78, 5) is 12.4.